The number of carbonyl (C=O) groups excluding carboxylic acids is 1. The number of hydrogen-bond donors (Lipinski definition) is 1. The zero-order valence-electron chi connectivity index (χ0n) is 11.5. The van der Waals surface area contributed by atoms with Gasteiger partial charge in [-0.1, -0.05) is 15.9 Å². The first-order valence-corrected chi connectivity index (χ1v) is 6.97. The van der Waals surface area contributed by atoms with Crippen molar-refractivity contribution in [3.63, 3.8) is 0 Å². The van der Waals surface area contributed by atoms with Gasteiger partial charge in [-0.3, -0.25) is 4.79 Å². The monoisotopic (exact) mass is 329 g/mol. The van der Waals surface area contributed by atoms with Gasteiger partial charge in [-0.25, -0.2) is 0 Å². The number of aliphatic hydroxyl groups excluding tert-OH is 1. The average Bonchev–Trinajstić information content (AvgIpc) is 2.36. The number of ether oxygens (including phenoxy) is 1. The van der Waals surface area contributed by atoms with Crippen LogP contribution in [0.4, 0.5) is 0 Å². The highest BCUT2D eigenvalue weighted by Crippen LogP contribution is 2.24. The Labute approximate surface area is 122 Å². The van der Waals surface area contributed by atoms with E-state index < -0.39 is 6.10 Å². The molecule has 0 radical (unpaired) electrons. The number of rotatable bonds is 6. The van der Waals surface area contributed by atoms with Gasteiger partial charge in [0.2, 0.25) is 5.91 Å². The van der Waals surface area contributed by atoms with Crippen LogP contribution in [-0.2, 0) is 11.3 Å². The van der Waals surface area contributed by atoms with Crippen LogP contribution in [0.3, 0.4) is 0 Å². The number of hydrogen-bond acceptors (Lipinski definition) is 3. The minimum atomic E-state index is -0.447. The van der Waals surface area contributed by atoms with Gasteiger partial charge >= 0.3 is 0 Å². The fraction of sp³-hybridized carbons (Fsp3) is 0.500. The zero-order valence-corrected chi connectivity index (χ0v) is 13.1. The summed E-state index contributed by atoms with van der Waals surface area (Å²) in [5.74, 6) is 0.779. The van der Waals surface area contributed by atoms with Crippen LogP contribution >= 0.6 is 15.9 Å². The number of nitrogens with zero attached hydrogens (tertiary/aromatic N) is 1. The van der Waals surface area contributed by atoms with Crippen molar-refractivity contribution >= 4 is 21.8 Å². The second kappa shape index (κ2) is 7.50. The SMILES string of the molecule is COc1ccc(Br)cc1CN(C)C(=O)CCC(C)O. The Morgan fingerprint density at radius 1 is 1.53 bits per heavy atom. The Morgan fingerprint density at radius 3 is 2.79 bits per heavy atom. The number of aliphatic hydroxyl groups is 1. The highest BCUT2D eigenvalue weighted by atomic mass is 79.9. The summed E-state index contributed by atoms with van der Waals surface area (Å²) < 4.78 is 6.23. The van der Waals surface area contributed by atoms with Crippen LogP contribution in [0.5, 0.6) is 5.75 Å². The van der Waals surface area contributed by atoms with Gasteiger partial charge in [-0.05, 0) is 31.5 Å². The molecule has 1 aromatic carbocycles. The van der Waals surface area contributed by atoms with Crippen LogP contribution in [0.25, 0.3) is 0 Å². The smallest absolute Gasteiger partial charge is 0.222 e. The molecule has 1 aromatic rings. The lowest BCUT2D eigenvalue weighted by Gasteiger charge is -2.19. The topological polar surface area (TPSA) is 49.8 Å². The van der Waals surface area contributed by atoms with E-state index in [0.29, 0.717) is 19.4 Å². The molecule has 19 heavy (non-hydrogen) atoms. The first-order chi connectivity index (χ1) is 8.93. The molecule has 1 rings (SSSR count). The lowest BCUT2D eigenvalue weighted by atomic mass is 10.1. The molecule has 0 aliphatic rings. The normalized spacial score (nSPS) is 12.1. The van der Waals surface area contributed by atoms with Crippen molar-refractivity contribution in [2.75, 3.05) is 14.2 Å². The molecular weight excluding hydrogens is 310 g/mol. The Morgan fingerprint density at radius 2 is 2.21 bits per heavy atom. The van der Waals surface area contributed by atoms with E-state index >= 15 is 0 Å². The maximum atomic E-state index is 11.9. The van der Waals surface area contributed by atoms with Crippen molar-refractivity contribution in [2.24, 2.45) is 0 Å². The first kappa shape index (κ1) is 16.0. The molecule has 0 fully saturated rings. The van der Waals surface area contributed by atoms with Crippen LogP contribution in [0.15, 0.2) is 22.7 Å². The van der Waals surface area contributed by atoms with Crippen molar-refractivity contribution in [1.82, 2.24) is 4.90 Å². The summed E-state index contributed by atoms with van der Waals surface area (Å²) in [5, 5.41) is 9.19. The number of benzene rings is 1. The summed E-state index contributed by atoms with van der Waals surface area (Å²) in [7, 11) is 3.37. The lowest BCUT2D eigenvalue weighted by Crippen LogP contribution is -2.27. The molecule has 1 unspecified atom stereocenters. The summed E-state index contributed by atoms with van der Waals surface area (Å²) >= 11 is 3.41. The fourth-order valence-corrected chi connectivity index (χ4v) is 2.15. The summed E-state index contributed by atoms with van der Waals surface area (Å²) in [4.78, 5) is 13.5. The maximum Gasteiger partial charge on any atom is 0.222 e. The van der Waals surface area contributed by atoms with Gasteiger partial charge in [0.05, 0.1) is 13.2 Å². The minimum absolute atomic E-state index is 0.0166. The maximum absolute atomic E-state index is 11.9. The summed E-state index contributed by atoms with van der Waals surface area (Å²) in [6, 6.07) is 5.71. The molecule has 0 spiro atoms. The largest absolute Gasteiger partial charge is 0.496 e. The summed E-state index contributed by atoms with van der Waals surface area (Å²) in [6.45, 7) is 2.17. The molecular formula is C14H20BrNO3. The van der Waals surface area contributed by atoms with E-state index in [1.165, 1.54) is 0 Å². The number of amides is 1. The molecule has 0 saturated carbocycles. The standard InChI is InChI=1S/C14H20BrNO3/c1-10(17)4-7-14(18)16(2)9-11-8-12(15)5-6-13(11)19-3/h5-6,8,10,17H,4,7,9H2,1-3H3. The first-order valence-electron chi connectivity index (χ1n) is 6.18. The molecule has 0 aliphatic carbocycles. The Hall–Kier alpha value is -1.07. The Kier molecular flexibility index (Phi) is 6.31. The summed E-state index contributed by atoms with van der Waals surface area (Å²) in [6.07, 6.45) is 0.390. The molecule has 0 bridgehead atoms. The zero-order chi connectivity index (χ0) is 14.4. The highest BCUT2D eigenvalue weighted by Gasteiger charge is 2.13. The Balaban J connectivity index is 2.68. The fourth-order valence-electron chi connectivity index (χ4n) is 1.74. The van der Waals surface area contributed by atoms with Crippen LogP contribution in [0, 0.1) is 0 Å². The molecule has 0 heterocycles. The third-order valence-electron chi connectivity index (χ3n) is 2.85. The van der Waals surface area contributed by atoms with Gasteiger partial charge in [-0.2, -0.15) is 0 Å². The van der Waals surface area contributed by atoms with Gasteiger partial charge in [0, 0.05) is 30.0 Å². The van der Waals surface area contributed by atoms with E-state index in [-0.39, 0.29) is 5.91 Å². The number of carbonyl (C=O) groups is 1. The molecule has 4 nitrogen and oxygen atoms in total. The van der Waals surface area contributed by atoms with Gasteiger partial charge in [-0.15, -0.1) is 0 Å². The van der Waals surface area contributed by atoms with E-state index in [9.17, 15) is 9.90 Å². The molecule has 106 valence electrons. The van der Waals surface area contributed by atoms with Gasteiger partial charge < -0.3 is 14.7 Å². The molecule has 0 aromatic heterocycles. The minimum Gasteiger partial charge on any atom is -0.496 e. The third kappa shape index (κ3) is 5.20. The second-order valence-corrected chi connectivity index (χ2v) is 5.51. The van der Waals surface area contributed by atoms with Gasteiger partial charge in [0.25, 0.3) is 0 Å². The molecule has 1 amide bonds. The van der Waals surface area contributed by atoms with Gasteiger partial charge in [0.1, 0.15) is 5.75 Å². The van der Waals surface area contributed by atoms with Crippen LogP contribution in [0.1, 0.15) is 25.3 Å². The quantitative estimate of drug-likeness (QED) is 0.872. The van der Waals surface area contributed by atoms with Crippen LogP contribution in [-0.4, -0.2) is 36.2 Å². The average molecular weight is 330 g/mol. The van der Waals surface area contributed by atoms with E-state index in [0.717, 1.165) is 15.8 Å². The van der Waals surface area contributed by atoms with Crippen molar-refractivity contribution in [3.8, 4) is 5.75 Å². The second-order valence-electron chi connectivity index (χ2n) is 4.59. The predicted octanol–water partition coefficient (Wildman–Crippen LogP) is 2.58. The Bertz CT molecular complexity index is 435. The van der Waals surface area contributed by atoms with Gasteiger partial charge in [0.15, 0.2) is 0 Å². The van der Waals surface area contributed by atoms with Crippen molar-refractivity contribution in [3.05, 3.63) is 28.2 Å². The number of methoxy groups -OCH3 is 1. The van der Waals surface area contributed by atoms with Crippen LogP contribution in [0.2, 0.25) is 0 Å². The molecule has 1 atom stereocenters. The summed E-state index contributed by atoms with van der Waals surface area (Å²) in [5.41, 5.74) is 0.949. The number of halogens is 1. The molecule has 0 saturated heterocycles. The van der Waals surface area contributed by atoms with E-state index in [4.69, 9.17) is 4.74 Å². The third-order valence-corrected chi connectivity index (χ3v) is 3.34. The lowest BCUT2D eigenvalue weighted by molar-refractivity contribution is -0.131. The van der Waals surface area contributed by atoms with Crippen molar-refractivity contribution in [2.45, 2.75) is 32.4 Å². The molecule has 0 aliphatic heterocycles. The van der Waals surface area contributed by atoms with Crippen LogP contribution < -0.4 is 4.74 Å². The van der Waals surface area contributed by atoms with E-state index in [1.807, 2.05) is 18.2 Å². The predicted molar refractivity (Wildman–Crippen MR) is 78.1 cm³/mol. The highest BCUT2D eigenvalue weighted by molar-refractivity contribution is 9.10. The van der Waals surface area contributed by atoms with Crippen molar-refractivity contribution < 1.29 is 14.6 Å². The molecule has 1 N–H and O–H groups in total. The van der Waals surface area contributed by atoms with E-state index in [1.54, 1.807) is 26.0 Å². The molecule has 5 heteroatoms. The van der Waals surface area contributed by atoms with E-state index in [2.05, 4.69) is 15.9 Å². The van der Waals surface area contributed by atoms with Crippen molar-refractivity contribution in [1.29, 1.82) is 0 Å².